The van der Waals surface area contributed by atoms with E-state index in [2.05, 4.69) is 10.3 Å². The van der Waals surface area contributed by atoms with Crippen LogP contribution in [-0.2, 0) is 10.2 Å². The third-order valence-corrected chi connectivity index (χ3v) is 6.24. The molecule has 1 N–H and O–H groups in total. The van der Waals surface area contributed by atoms with Gasteiger partial charge in [0, 0.05) is 17.8 Å². The van der Waals surface area contributed by atoms with Gasteiger partial charge in [0.05, 0.1) is 18.0 Å². The van der Waals surface area contributed by atoms with E-state index in [-0.39, 0.29) is 17.7 Å². The van der Waals surface area contributed by atoms with Crippen molar-refractivity contribution in [3.05, 3.63) is 65.5 Å². The van der Waals surface area contributed by atoms with E-state index in [1.807, 2.05) is 12.1 Å². The van der Waals surface area contributed by atoms with Gasteiger partial charge in [0.15, 0.2) is 11.6 Å². The molecule has 3 aliphatic carbocycles. The van der Waals surface area contributed by atoms with E-state index in [4.69, 9.17) is 0 Å². The Morgan fingerprint density at radius 3 is 2.37 bits per heavy atom. The van der Waals surface area contributed by atoms with E-state index >= 15 is 0 Å². The number of aromatic nitrogens is 1. The molecule has 1 aliphatic heterocycles. The number of urea groups is 1. The van der Waals surface area contributed by atoms with Crippen molar-refractivity contribution < 1.29 is 18.4 Å². The molecule has 0 radical (unpaired) electrons. The molecular weight excluding hydrogens is 352 g/mol. The maximum atomic E-state index is 13.5. The average Bonchev–Trinajstić information content (AvgIpc) is 2.58. The Balaban J connectivity index is 1.32. The number of carbonyl (C=O) groups excluding carboxylic acids is 2. The van der Waals surface area contributed by atoms with Gasteiger partial charge in [-0.3, -0.25) is 14.7 Å². The summed E-state index contributed by atoms with van der Waals surface area (Å²) in [5, 5.41) is 2.78. The van der Waals surface area contributed by atoms with Crippen LogP contribution < -0.4 is 5.32 Å². The third kappa shape index (κ3) is 2.23. The number of nitrogens with zero attached hydrogens (tertiary/aromatic N) is 2. The number of hydrogen-bond donors (Lipinski definition) is 1. The monoisotopic (exact) mass is 369 g/mol. The molecule has 1 aromatic heterocycles. The summed E-state index contributed by atoms with van der Waals surface area (Å²) >= 11 is 0. The van der Waals surface area contributed by atoms with Crippen molar-refractivity contribution in [2.75, 3.05) is 0 Å². The number of rotatable bonds is 3. The van der Waals surface area contributed by atoms with E-state index < -0.39 is 29.2 Å². The summed E-state index contributed by atoms with van der Waals surface area (Å²) in [4.78, 5) is 30.8. The highest BCUT2D eigenvalue weighted by atomic mass is 19.2. The minimum absolute atomic E-state index is 0.0421. The maximum absolute atomic E-state index is 13.5. The van der Waals surface area contributed by atoms with Crippen molar-refractivity contribution >= 4 is 11.9 Å². The van der Waals surface area contributed by atoms with Gasteiger partial charge in [0.1, 0.15) is 0 Å². The Morgan fingerprint density at radius 1 is 1.04 bits per heavy atom. The number of imide groups is 1. The highest BCUT2D eigenvalue weighted by Crippen LogP contribution is 2.70. The zero-order valence-electron chi connectivity index (χ0n) is 14.4. The fraction of sp³-hybridized carbons (Fsp3) is 0.350. The fourth-order valence-corrected chi connectivity index (χ4v) is 5.04. The summed E-state index contributed by atoms with van der Waals surface area (Å²) in [7, 11) is 0. The van der Waals surface area contributed by atoms with Gasteiger partial charge in [-0.1, -0.05) is 6.07 Å². The Labute approximate surface area is 154 Å². The zero-order valence-corrected chi connectivity index (χ0v) is 14.4. The van der Waals surface area contributed by atoms with Gasteiger partial charge < -0.3 is 5.32 Å². The summed E-state index contributed by atoms with van der Waals surface area (Å²) in [5.41, 5.74) is 1.22. The van der Waals surface area contributed by atoms with Crippen molar-refractivity contribution in [3.63, 3.8) is 0 Å². The molecule has 3 saturated carbocycles. The molecule has 1 atom stereocenters. The van der Waals surface area contributed by atoms with Crippen LogP contribution in [-0.4, -0.2) is 27.4 Å². The molecule has 2 bridgehead atoms. The van der Waals surface area contributed by atoms with E-state index in [1.165, 1.54) is 16.5 Å². The molecule has 138 valence electrons. The van der Waals surface area contributed by atoms with Crippen LogP contribution in [0.5, 0.6) is 0 Å². The molecule has 1 saturated heterocycles. The first kappa shape index (κ1) is 16.4. The molecule has 27 heavy (non-hydrogen) atoms. The lowest BCUT2D eigenvalue weighted by Gasteiger charge is -2.73. The smallest absolute Gasteiger partial charge is 0.325 e. The SMILES string of the molecule is O=C1CC(c2ccc(F)c(F)c2)NC(=O)N1C12CC(c3ccncc3)(C1)C2. The number of pyridine rings is 1. The Kier molecular flexibility index (Phi) is 3.24. The zero-order chi connectivity index (χ0) is 18.8. The summed E-state index contributed by atoms with van der Waals surface area (Å²) in [6.45, 7) is 0. The minimum Gasteiger partial charge on any atom is -0.330 e. The second-order valence-corrected chi connectivity index (χ2v) is 7.88. The molecule has 6 rings (SSSR count). The quantitative estimate of drug-likeness (QED) is 0.904. The number of benzene rings is 1. The first-order valence-electron chi connectivity index (χ1n) is 8.92. The molecule has 5 nitrogen and oxygen atoms in total. The predicted molar refractivity (Wildman–Crippen MR) is 91.6 cm³/mol. The summed E-state index contributed by atoms with van der Waals surface area (Å²) in [5.74, 6) is -2.21. The van der Waals surface area contributed by atoms with Gasteiger partial charge >= 0.3 is 6.03 Å². The summed E-state index contributed by atoms with van der Waals surface area (Å²) in [6, 6.07) is 6.31. The Morgan fingerprint density at radius 2 is 1.74 bits per heavy atom. The highest BCUT2D eigenvalue weighted by Gasteiger charge is 2.73. The molecule has 4 aliphatic rings. The predicted octanol–water partition coefficient (Wildman–Crippen LogP) is 3.22. The summed E-state index contributed by atoms with van der Waals surface area (Å²) in [6.07, 6.45) is 5.85. The van der Waals surface area contributed by atoms with Crippen molar-refractivity contribution in [2.45, 2.75) is 42.7 Å². The van der Waals surface area contributed by atoms with Crippen LogP contribution in [0.4, 0.5) is 13.6 Å². The molecule has 1 unspecified atom stereocenters. The molecule has 2 aromatic rings. The highest BCUT2D eigenvalue weighted by molar-refractivity contribution is 5.99. The van der Waals surface area contributed by atoms with E-state index in [0.717, 1.165) is 31.4 Å². The summed E-state index contributed by atoms with van der Waals surface area (Å²) < 4.78 is 26.6. The number of halogens is 2. The lowest BCUT2D eigenvalue weighted by atomic mass is 9.37. The number of hydrogen-bond acceptors (Lipinski definition) is 3. The third-order valence-electron chi connectivity index (χ3n) is 6.24. The van der Waals surface area contributed by atoms with Crippen LogP contribution in [0.3, 0.4) is 0 Å². The molecule has 7 heteroatoms. The minimum atomic E-state index is -0.990. The average molecular weight is 369 g/mol. The van der Waals surface area contributed by atoms with Crippen LogP contribution in [0.1, 0.15) is 42.9 Å². The van der Waals surface area contributed by atoms with Crippen LogP contribution >= 0.6 is 0 Å². The van der Waals surface area contributed by atoms with Crippen LogP contribution in [0.25, 0.3) is 0 Å². The van der Waals surface area contributed by atoms with E-state index in [9.17, 15) is 18.4 Å². The molecular formula is C20H17F2N3O2. The second-order valence-electron chi connectivity index (χ2n) is 7.88. The molecule has 2 heterocycles. The van der Waals surface area contributed by atoms with Gasteiger partial charge in [0.2, 0.25) is 5.91 Å². The van der Waals surface area contributed by atoms with Crippen LogP contribution in [0, 0.1) is 11.6 Å². The van der Waals surface area contributed by atoms with Crippen LogP contribution in [0.15, 0.2) is 42.7 Å². The number of carbonyl (C=O) groups is 2. The molecule has 1 aromatic carbocycles. The topological polar surface area (TPSA) is 62.3 Å². The van der Waals surface area contributed by atoms with Gasteiger partial charge in [-0.15, -0.1) is 0 Å². The standard InChI is InChI=1S/C20H17F2N3O2/c21-14-2-1-12(7-15(14)22)16-8-17(26)25(18(27)24-16)20-9-19(10-20,11-20)13-3-5-23-6-4-13/h1-7,16H,8-11H2,(H,24,27). The van der Waals surface area contributed by atoms with E-state index in [1.54, 1.807) is 12.4 Å². The number of nitrogens with one attached hydrogen (secondary N) is 1. The first-order chi connectivity index (χ1) is 12.9. The van der Waals surface area contributed by atoms with Gasteiger partial charge in [0.25, 0.3) is 0 Å². The van der Waals surface area contributed by atoms with Crippen molar-refractivity contribution in [1.29, 1.82) is 0 Å². The second kappa shape index (κ2) is 5.34. The van der Waals surface area contributed by atoms with Crippen LogP contribution in [0.2, 0.25) is 0 Å². The largest absolute Gasteiger partial charge is 0.330 e. The van der Waals surface area contributed by atoms with E-state index in [0.29, 0.717) is 5.56 Å². The van der Waals surface area contributed by atoms with Gasteiger partial charge in [-0.2, -0.15) is 0 Å². The van der Waals surface area contributed by atoms with Crippen molar-refractivity contribution in [3.8, 4) is 0 Å². The lowest BCUT2D eigenvalue weighted by Crippen LogP contribution is -2.80. The number of amides is 3. The van der Waals surface area contributed by atoms with Crippen molar-refractivity contribution in [2.24, 2.45) is 0 Å². The van der Waals surface area contributed by atoms with Gasteiger partial charge in [-0.25, -0.2) is 13.6 Å². The molecule has 4 fully saturated rings. The Bertz CT molecular complexity index is 925. The first-order valence-corrected chi connectivity index (χ1v) is 8.92. The van der Waals surface area contributed by atoms with Crippen molar-refractivity contribution in [1.82, 2.24) is 15.2 Å². The maximum Gasteiger partial charge on any atom is 0.325 e. The Hall–Kier alpha value is -2.83. The molecule has 3 amide bonds. The normalized spacial score (nSPS) is 31.8. The lowest BCUT2D eigenvalue weighted by molar-refractivity contribution is -0.174. The molecule has 0 spiro atoms. The van der Waals surface area contributed by atoms with Gasteiger partial charge in [-0.05, 0) is 54.7 Å². The fourth-order valence-electron chi connectivity index (χ4n) is 5.04.